The second kappa shape index (κ2) is 10.4. The first-order valence-electron chi connectivity index (χ1n) is 11.7. The van der Waals surface area contributed by atoms with Crippen LogP contribution >= 0.6 is 23.2 Å². The van der Waals surface area contributed by atoms with Gasteiger partial charge in [-0.15, -0.1) is 5.53 Å². The summed E-state index contributed by atoms with van der Waals surface area (Å²) in [7, 11) is 1.99. The molecule has 1 aliphatic rings. The van der Waals surface area contributed by atoms with Crippen LogP contribution in [0, 0.1) is 28.1 Å². The topological polar surface area (TPSA) is 112 Å². The molecule has 0 saturated heterocycles. The molecular formula is C26H27BCl2N8. The first-order chi connectivity index (χ1) is 17.6. The summed E-state index contributed by atoms with van der Waals surface area (Å²) in [5.41, 5.74) is 9.31. The quantitative estimate of drug-likeness (QED) is 0.260. The van der Waals surface area contributed by atoms with Crippen molar-refractivity contribution in [1.29, 1.82) is 10.5 Å². The SMILES string of the molecule is BC(Nc1cc(Cl)c2ncc(C#N)c(NCC(C)(C)C)c2c1)(C1=CN(CC#N)NN1)c1ccccc1Cl. The van der Waals surface area contributed by atoms with Crippen molar-refractivity contribution in [1.82, 2.24) is 21.0 Å². The fraction of sp³-hybridized carbons (Fsp3) is 0.269. The van der Waals surface area contributed by atoms with Crippen LogP contribution in [-0.4, -0.2) is 30.9 Å². The van der Waals surface area contributed by atoms with Crippen LogP contribution in [0.15, 0.2) is 54.5 Å². The highest BCUT2D eigenvalue weighted by atomic mass is 35.5. The van der Waals surface area contributed by atoms with Crippen LogP contribution in [0.25, 0.3) is 10.9 Å². The maximum Gasteiger partial charge on any atom is 0.148 e. The number of hydrazine groups is 2. The van der Waals surface area contributed by atoms with Gasteiger partial charge in [-0.1, -0.05) is 62.2 Å². The van der Waals surface area contributed by atoms with Gasteiger partial charge in [0.15, 0.2) is 0 Å². The Labute approximate surface area is 227 Å². The van der Waals surface area contributed by atoms with Crippen molar-refractivity contribution in [3.8, 4) is 12.1 Å². The van der Waals surface area contributed by atoms with E-state index in [1.807, 2.05) is 50.4 Å². The predicted octanol–water partition coefficient (Wildman–Crippen LogP) is 4.46. The second-order valence-corrected chi connectivity index (χ2v) is 11.0. The lowest BCUT2D eigenvalue weighted by molar-refractivity contribution is 0.299. The Kier molecular flexibility index (Phi) is 7.43. The number of anilines is 2. The fourth-order valence-electron chi connectivity index (χ4n) is 4.16. The average molecular weight is 533 g/mol. The molecule has 0 amide bonds. The number of hydrogen-bond donors (Lipinski definition) is 4. The lowest BCUT2D eigenvalue weighted by atomic mass is 9.69. The standard InChI is InChI=1S/C26H27BCl2N8/c1-25(2,3)15-33-23-16(12-31)13-32-24-18(23)10-17(11-21(24)29)34-26(27,19-6-4-5-7-20(19)28)22-14-37(9-8-30)36-35-22/h4-7,10-11,13-14,34-36H,9,15,27H2,1-3H3,(H,32,33). The number of rotatable bonds is 7. The third-order valence-corrected chi connectivity index (χ3v) is 6.66. The third-order valence-electron chi connectivity index (χ3n) is 6.05. The molecule has 188 valence electrons. The highest BCUT2D eigenvalue weighted by molar-refractivity contribution is 6.36. The third kappa shape index (κ3) is 5.55. The van der Waals surface area contributed by atoms with Crippen LogP contribution in [0.4, 0.5) is 11.4 Å². The number of aromatic nitrogens is 1. The molecular weight excluding hydrogens is 506 g/mol. The van der Waals surface area contributed by atoms with Crippen molar-refractivity contribution in [3.63, 3.8) is 0 Å². The van der Waals surface area contributed by atoms with E-state index < -0.39 is 5.44 Å². The van der Waals surface area contributed by atoms with Crippen LogP contribution < -0.4 is 21.6 Å². The summed E-state index contributed by atoms with van der Waals surface area (Å²) in [5.74, 6) is 0. The summed E-state index contributed by atoms with van der Waals surface area (Å²) in [6.45, 7) is 7.18. The van der Waals surface area contributed by atoms with E-state index in [1.165, 1.54) is 0 Å². The highest BCUT2D eigenvalue weighted by Crippen LogP contribution is 2.39. The zero-order valence-corrected chi connectivity index (χ0v) is 22.6. The normalized spacial score (nSPS) is 14.8. The molecule has 0 radical (unpaired) electrons. The molecule has 37 heavy (non-hydrogen) atoms. The molecule has 0 saturated carbocycles. The summed E-state index contributed by atoms with van der Waals surface area (Å²) in [6, 6.07) is 15.7. The monoisotopic (exact) mass is 532 g/mol. The molecule has 0 aliphatic carbocycles. The van der Waals surface area contributed by atoms with Gasteiger partial charge in [0.1, 0.15) is 20.5 Å². The minimum atomic E-state index is -0.841. The lowest BCUT2D eigenvalue weighted by Crippen LogP contribution is -2.45. The van der Waals surface area contributed by atoms with Crippen molar-refractivity contribution >= 4 is 53.3 Å². The summed E-state index contributed by atoms with van der Waals surface area (Å²) in [4.78, 5) is 4.46. The van der Waals surface area contributed by atoms with Gasteiger partial charge in [0.2, 0.25) is 0 Å². The largest absolute Gasteiger partial charge is 0.383 e. The average Bonchev–Trinajstić information content (AvgIpc) is 3.32. The molecule has 1 aliphatic heterocycles. The van der Waals surface area contributed by atoms with Crippen LogP contribution in [0.2, 0.25) is 10.0 Å². The highest BCUT2D eigenvalue weighted by Gasteiger charge is 2.36. The van der Waals surface area contributed by atoms with Gasteiger partial charge in [0.25, 0.3) is 0 Å². The van der Waals surface area contributed by atoms with Gasteiger partial charge >= 0.3 is 0 Å². The summed E-state index contributed by atoms with van der Waals surface area (Å²) < 4.78 is 0. The first-order valence-corrected chi connectivity index (χ1v) is 12.5. The lowest BCUT2D eigenvalue weighted by Gasteiger charge is -2.34. The Morgan fingerprint density at radius 3 is 2.57 bits per heavy atom. The number of hydrogen-bond acceptors (Lipinski definition) is 8. The van der Waals surface area contributed by atoms with Crippen LogP contribution in [0.5, 0.6) is 0 Å². The van der Waals surface area contributed by atoms with E-state index in [0.717, 1.165) is 16.6 Å². The first kappa shape index (κ1) is 26.4. The van der Waals surface area contributed by atoms with Crippen LogP contribution in [0.1, 0.15) is 31.9 Å². The van der Waals surface area contributed by atoms with Crippen molar-refractivity contribution in [3.05, 3.63) is 75.7 Å². The van der Waals surface area contributed by atoms with Crippen molar-refractivity contribution in [2.24, 2.45) is 5.41 Å². The molecule has 0 fully saturated rings. The number of fused-ring (bicyclic) bond motifs is 1. The van der Waals surface area contributed by atoms with Crippen molar-refractivity contribution in [2.45, 2.75) is 26.2 Å². The van der Waals surface area contributed by atoms with Gasteiger partial charge in [0, 0.05) is 35.0 Å². The zero-order chi connectivity index (χ0) is 26.8. The fourth-order valence-corrected chi connectivity index (χ4v) is 4.76. The van der Waals surface area contributed by atoms with Crippen molar-refractivity contribution in [2.75, 3.05) is 23.7 Å². The molecule has 2 heterocycles. The molecule has 11 heteroatoms. The van der Waals surface area contributed by atoms with E-state index in [4.69, 9.17) is 28.5 Å². The Morgan fingerprint density at radius 2 is 1.89 bits per heavy atom. The smallest absolute Gasteiger partial charge is 0.148 e. The van der Waals surface area contributed by atoms with Crippen LogP contribution in [-0.2, 0) is 5.44 Å². The van der Waals surface area contributed by atoms with E-state index in [2.05, 4.69) is 59.5 Å². The molecule has 0 bridgehead atoms. The summed E-state index contributed by atoms with van der Waals surface area (Å²) in [6.07, 6.45) is 3.37. The van der Waals surface area contributed by atoms with Gasteiger partial charge in [-0.3, -0.25) is 9.99 Å². The molecule has 1 atom stereocenters. The van der Waals surface area contributed by atoms with Gasteiger partial charge in [-0.2, -0.15) is 10.5 Å². The zero-order valence-electron chi connectivity index (χ0n) is 21.1. The number of benzene rings is 2. The van der Waals surface area contributed by atoms with E-state index in [0.29, 0.717) is 39.0 Å². The van der Waals surface area contributed by atoms with Gasteiger partial charge in [-0.25, -0.2) is 0 Å². The van der Waals surface area contributed by atoms with E-state index >= 15 is 0 Å². The Hall–Kier alpha value is -3.63. The second-order valence-electron chi connectivity index (χ2n) is 10.2. The van der Waals surface area contributed by atoms with Gasteiger partial charge in [-0.05, 0) is 29.2 Å². The van der Waals surface area contributed by atoms with E-state index in [1.54, 1.807) is 11.2 Å². The summed E-state index contributed by atoms with van der Waals surface area (Å²) in [5, 5.41) is 29.4. The molecule has 3 aromatic rings. The minimum Gasteiger partial charge on any atom is -0.383 e. The van der Waals surface area contributed by atoms with E-state index in [9.17, 15) is 5.26 Å². The van der Waals surface area contributed by atoms with Gasteiger partial charge < -0.3 is 16.1 Å². The van der Waals surface area contributed by atoms with Gasteiger partial charge in [0.05, 0.1) is 39.0 Å². The Balaban J connectivity index is 1.85. The molecule has 4 rings (SSSR count). The molecule has 1 unspecified atom stereocenters. The van der Waals surface area contributed by atoms with Crippen molar-refractivity contribution < 1.29 is 0 Å². The summed E-state index contributed by atoms with van der Waals surface area (Å²) >= 11 is 13.4. The maximum atomic E-state index is 9.78. The molecule has 0 spiro atoms. The predicted molar refractivity (Wildman–Crippen MR) is 151 cm³/mol. The molecule has 8 nitrogen and oxygen atoms in total. The Morgan fingerprint density at radius 1 is 1.14 bits per heavy atom. The number of nitrogens with zero attached hydrogens (tertiary/aromatic N) is 4. The number of nitriles is 2. The maximum absolute atomic E-state index is 9.78. The molecule has 1 aromatic heterocycles. The van der Waals surface area contributed by atoms with Crippen LogP contribution in [0.3, 0.4) is 0 Å². The Bertz CT molecular complexity index is 1450. The molecule has 4 N–H and O–H groups in total. The number of nitrogens with one attached hydrogen (secondary N) is 4. The minimum absolute atomic E-state index is 0.00643. The molecule has 2 aromatic carbocycles. The number of halogens is 2. The number of pyridine rings is 1. The van der Waals surface area contributed by atoms with E-state index in [-0.39, 0.29) is 12.0 Å².